The maximum Gasteiger partial charge on any atom is 0.224 e. The zero-order chi connectivity index (χ0) is 13.8. The van der Waals surface area contributed by atoms with Crippen molar-refractivity contribution < 1.29 is 4.74 Å². The van der Waals surface area contributed by atoms with Gasteiger partial charge in [0.05, 0.1) is 5.02 Å². The smallest absolute Gasteiger partial charge is 0.224 e. The molecule has 0 fully saturated rings. The molecule has 0 aliphatic rings. The molecule has 2 rings (SSSR count). The zero-order valence-electron chi connectivity index (χ0n) is 10.4. The minimum atomic E-state index is 0.346. The Morgan fingerprint density at radius 3 is 2.79 bits per heavy atom. The molecule has 19 heavy (non-hydrogen) atoms. The number of hydrogen-bond donors (Lipinski definition) is 1. The topological polar surface area (TPSA) is 61.0 Å². The van der Waals surface area contributed by atoms with Crippen LogP contribution in [0.4, 0.5) is 5.82 Å². The van der Waals surface area contributed by atoms with Crippen LogP contribution in [0.2, 0.25) is 10.0 Å². The SMILES string of the molecule is CCCc1nc(N)cc(Oc2cccc(Cl)c2Cl)n1. The molecule has 0 aliphatic carbocycles. The number of nitrogens with zero attached hydrogens (tertiary/aromatic N) is 2. The van der Waals surface area contributed by atoms with Crippen molar-refractivity contribution >= 4 is 29.0 Å². The summed E-state index contributed by atoms with van der Waals surface area (Å²) in [7, 11) is 0. The molecule has 0 unspecified atom stereocenters. The van der Waals surface area contributed by atoms with Crippen LogP contribution in [-0.2, 0) is 6.42 Å². The fraction of sp³-hybridized carbons (Fsp3) is 0.231. The zero-order valence-corrected chi connectivity index (χ0v) is 11.9. The standard InChI is InChI=1S/C13H13Cl2N3O/c1-2-4-11-17-10(16)7-12(18-11)19-9-6-3-5-8(14)13(9)15/h3,5-7H,2,4H2,1H3,(H2,16,17,18). The molecule has 1 heterocycles. The van der Waals surface area contributed by atoms with Crippen molar-refractivity contribution in [1.29, 1.82) is 0 Å². The fourth-order valence-corrected chi connectivity index (χ4v) is 1.89. The van der Waals surface area contributed by atoms with Crippen LogP contribution in [-0.4, -0.2) is 9.97 Å². The van der Waals surface area contributed by atoms with Crippen molar-refractivity contribution in [2.24, 2.45) is 0 Å². The highest BCUT2D eigenvalue weighted by molar-refractivity contribution is 6.42. The number of rotatable bonds is 4. The number of ether oxygens (including phenoxy) is 1. The van der Waals surface area contributed by atoms with Gasteiger partial charge in [0, 0.05) is 12.5 Å². The summed E-state index contributed by atoms with van der Waals surface area (Å²) >= 11 is 12.0. The molecule has 2 aromatic rings. The lowest BCUT2D eigenvalue weighted by atomic mass is 10.3. The molecule has 0 spiro atoms. The van der Waals surface area contributed by atoms with E-state index >= 15 is 0 Å². The Bertz CT molecular complexity index is 590. The number of aryl methyl sites for hydroxylation is 1. The third kappa shape index (κ3) is 3.49. The van der Waals surface area contributed by atoms with E-state index in [-0.39, 0.29) is 0 Å². The Balaban J connectivity index is 2.30. The summed E-state index contributed by atoms with van der Waals surface area (Å²) in [4.78, 5) is 8.41. The van der Waals surface area contributed by atoms with Crippen LogP contribution in [0.3, 0.4) is 0 Å². The van der Waals surface area contributed by atoms with Crippen molar-refractivity contribution in [3.63, 3.8) is 0 Å². The first-order valence-corrected chi connectivity index (χ1v) is 6.61. The summed E-state index contributed by atoms with van der Waals surface area (Å²) in [5.41, 5.74) is 5.72. The number of benzene rings is 1. The van der Waals surface area contributed by atoms with Crippen molar-refractivity contribution in [3.8, 4) is 11.6 Å². The molecule has 1 aromatic heterocycles. The van der Waals surface area contributed by atoms with Gasteiger partial charge >= 0.3 is 0 Å². The van der Waals surface area contributed by atoms with Gasteiger partial charge in [0.2, 0.25) is 5.88 Å². The van der Waals surface area contributed by atoms with E-state index in [1.54, 1.807) is 24.3 Å². The molecule has 0 amide bonds. The first kappa shape index (κ1) is 13.9. The lowest BCUT2D eigenvalue weighted by Gasteiger charge is -2.09. The Hall–Kier alpha value is -1.52. The lowest BCUT2D eigenvalue weighted by Crippen LogP contribution is -2.01. The van der Waals surface area contributed by atoms with Gasteiger partial charge in [0.25, 0.3) is 0 Å². The molecular weight excluding hydrogens is 285 g/mol. The van der Waals surface area contributed by atoms with Gasteiger partial charge < -0.3 is 10.5 Å². The van der Waals surface area contributed by atoms with Crippen LogP contribution in [0.1, 0.15) is 19.2 Å². The second kappa shape index (κ2) is 6.08. The third-order valence-corrected chi connectivity index (χ3v) is 3.17. The van der Waals surface area contributed by atoms with Crippen molar-refractivity contribution in [2.45, 2.75) is 19.8 Å². The molecule has 100 valence electrons. The molecule has 6 heteroatoms. The summed E-state index contributed by atoms with van der Waals surface area (Å²) in [6.45, 7) is 2.04. The normalized spacial score (nSPS) is 10.5. The highest BCUT2D eigenvalue weighted by atomic mass is 35.5. The molecule has 0 saturated heterocycles. The molecule has 2 N–H and O–H groups in total. The molecule has 1 aromatic carbocycles. The van der Waals surface area contributed by atoms with Gasteiger partial charge in [-0.25, -0.2) is 4.98 Å². The number of halogens is 2. The van der Waals surface area contributed by atoms with Crippen molar-refractivity contribution in [2.75, 3.05) is 5.73 Å². The van der Waals surface area contributed by atoms with Crippen molar-refractivity contribution in [3.05, 3.63) is 40.1 Å². The number of aromatic nitrogens is 2. The number of hydrogen-bond acceptors (Lipinski definition) is 4. The monoisotopic (exact) mass is 297 g/mol. The van der Waals surface area contributed by atoms with Crippen LogP contribution < -0.4 is 10.5 Å². The van der Waals surface area contributed by atoms with Gasteiger partial charge in [-0.1, -0.05) is 36.2 Å². The summed E-state index contributed by atoms with van der Waals surface area (Å²) in [5, 5.41) is 0.772. The summed E-state index contributed by atoms with van der Waals surface area (Å²) in [6.07, 6.45) is 1.67. The maximum atomic E-state index is 6.05. The number of anilines is 1. The van der Waals surface area contributed by atoms with Gasteiger partial charge in [0.1, 0.15) is 22.4 Å². The highest BCUT2D eigenvalue weighted by Crippen LogP contribution is 2.34. The predicted molar refractivity (Wildman–Crippen MR) is 77.0 cm³/mol. The summed E-state index contributed by atoms with van der Waals surface area (Å²) < 4.78 is 5.61. The average molecular weight is 298 g/mol. The summed E-state index contributed by atoms with van der Waals surface area (Å²) in [6, 6.07) is 6.71. The first-order chi connectivity index (χ1) is 9.10. The largest absolute Gasteiger partial charge is 0.437 e. The van der Waals surface area contributed by atoms with Gasteiger partial charge in [-0.05, 0) is 18.6 Å². The maximum absolute atomic E-state index is 6.05. The van der Waals surface area contributed by atoms with Crippen LogP contribution >= 0.6 is 23.2 Å². The van der Waals surface area contributed by atoms with E-state index in [9.17, 15) is 0 Å². The molecular formula is C13H13Cl2N3O. The van der Waals surface area contributed by atoms with Crippen molar-refractivity contribution in [1.82, 2.24) is 9.97 Å². The van der Waals surface area contributed by atoms with E-state index in [2.05, 4.69) is 9.97 Å². The minimum Gasteiger partial charge on any atom is -0.437 e. The van der Waals surface area contributed by atoms with Crippen LogP contribution in [0.5, 0.6) is 11.6 Å². The van der Waals surface area contributed by atoms with Gasteiger partial charge in [-0.2, -0.15) is 4.98 Å². The van der Waals surface area contributed by atoms with Gasteiger partial charge in [0.15, 0.2) is 0 Å². The Morgan fingerprint density at radius 2 is 2.05 bits per heavy atom. The number of nitrogens with two attached hydrogens (primary N) is 1. The fourth-order valence-electron chi connectivity index (χ4n) is 1.56. The van der Waals surface area contributed by atoms with E-state index in [0.717, 1.165) is 12.8 Å². The minimum absolute atomic E-state index is 0.346. The molecule has 0 radical (unpaired) electrons. The van der Waals surface area contributed by atoms with Crippen LogP contribution in [0.25, 0.3) is 0 Å². The summed E-state index contributed by atoms with van der Waals surface area (Å²) in [5.74, 6) is 1.82. The second-order valence-corrected chi connectivity index (χ2v) is 4.74. The Labute approximate surface area is 121 Å². The van der Waals surface area contributed by atoms with E-state index < -0.39 is 0 Å². The molecule has 4 nitrogen and oxygen atoms in total. The molecule has 0 atom stereocenters. The quantitative estimate of drug-likeness (QED) is 0.922. The van der Waals surface area contributed by atoms with E-state index in [1.165, 1.54) is 0 Å². The lowest BCUT2D eigenvalue weighted by molar-refractivity contribution is 0.459. The molecule has 0 aliphatic heterocycles. The molecule has 0 bridgehead atoms. The van der Waals surface area contributed by atoms with Gasteiger partial charge in [-0.3, -0.25) is 0 Å². The van der Waals surface area contributed by atoms with E-state index in [1.807, 2.05) is 6.92 Å². The Kier molecular flexibility index (Phi) is 4.45. The van der Waals surface area contributed by atoms with Crippen LogP contribution in [0, 0.1) is 0 Å². The second-order valence-electron chi connectivity index (χ2n) is 3.95. The van der Waals surface area contributed by atoms with Gasteiger partial charge in [-0.15, -0.1) is 0 Å². The highest BCUT2D eigenvalue weighted by Gasteiger charge is 2.09. The van der Waals surface area contributed by atoms with E-state index in [0.29, 0.717) is 33.3 Å². The Morgan fingerprint density at radius 1 is 1.26 bits per heavy atom. The van der Waals surface area contributed by atoms with E-state index in [4.69, 9.17) is 33.7 Å². The predicted octanol–water partition coefficient (Wildman–Crippen LogP) is 4.11. The number of nitrogen functional groups attached to an aromatic ring is 1. The molecule has 0 saturated carbocycles. The first-order valence-electron chi connectivity index (χ1n) is 5.85. The van der Waals surface area contributed by atoms with Crippen LogP contribution in [0.15, 0.2) is 24.3 Å². The third-order valence-electron chi connectivity index (χ3n) is 2.37. The average Bonchev–Trinajstić information content (AvgIpc) is 2.35.